The highest BCUT2D eigenvalue weighted by Crippen LogP contribution is 2.37. The van der Waals surface area contributed by atoms with Gasteiger partial charge in [0.15, 0.2) is 0 Å². The highest BCUT2D eigenvalue weighted by atomic mass is 19.4. The molecule has 3 atom stereocenters. The lowest BCUT2D eigenvalue weighted by molar-refractivity contribution is -0.147. The van der Waals surface area contributed by atoms with Crippen LogP contribution >= 0.6 is 0 Å². The van der Waals surface area contributed by atoms with Crippen molar-refractivity contribution in [2.24, 2.45) is 17.8 Å². The average molecular weight is 399 g/mol. The minimum absolute atomic E-state index is 0.0463. The van der Waals surface area contributed by atoms with Gasteiger partial charge < -0.3 is 0 Å². The molecule has 1 aromatic heterocycles. The molecule has 2 heterocycles. The number of nitrogens with one attached hydrogen (secondary N) is 2. The summed E-state index contributed by atoms with van der Waals surface area (Å²) in [4.78, 5) is 42.4. The summed E-state index contributed by atoms with van der Waals surface area (Å²) in [6.07, 6.45) is -0.0434. The lowest BCUT2D eigenvalue weighted by atomic mass is 9.85. The Morgan fingerprint density at radius 2 is 1.82 bits per heavy atom. The predicted molar refractivity (Wildman–Crippen MR) is 90.5 cm³/mol. The van der Waals surface area contributed by atoms with Gasteiger partial charge in [-0.25, -0.2) is 0 Å². The number of imide groups is 1. The molecule has 3 amide bonds. The third kappa shape index (κ3) is 3.78. The second-order valence-corrected chi connectivity index (χ2v) is 7.34. The van der Waals surface area contributed by atoms with Crippen LogP contribution in [0.4, 0.5) is 19.1 Å². The van der Waals surface area contributed by atoms with Crippen LogP contribution < -0.4 is 5.32 Å². The summed E-state index contributed by atoms with van der Waals surface area (Å²) in [6.45, 7) is 3.63. The molecule has 0 spiro atoms. The number of aromatic nitrogens is 3. The number of hydrogen-bond donors (Lipinski definition) is 2. The van der Waals surface area contributed by atoms with Gasteiger partial charge in [0.1, 0.15) is 6.04 Å². The second kappa shape index (κ2) is 7.36. The Morgan fingerprint density at radius 1 is 1.25 bits per heavy atom. The molecule has 0 radical (unpaired) electrons. The Morgan fingerprint density at radius 3 is 2.29 bits per heavy atom. The number of hydrogen-bond acceptors (Lipinski definition) is 5. The van der Waals surface area contributed by atoms with Crippen LogP contribution in [0, 0.1) is 17.8 Å². The number of nitrogens with zero attached hydrogens (tertiary/aromatic N) is 3. The van der Waals surface area contributed by atoms with Gasteiger partial charge in [0.2, 0.25) is 29.5 Å². The Bertz CT molecular complexity index is 791. The molecule has 3 rings (SSSR count). The van der Waals surface area contributed by atoms with Gasteiger partial charge in [0.05, 0.1) is 11.8 Å². The second-order valence-electron chi connectivity index (χ2n) is 7.34. The number of anilines is 1. The van der Waals surface area contributed by atoms with Gasteiger partial charge in [0, 0.05) is 0 Å². The minimum atomic E-state index is -4.74. The molecule has 0 saturated carbocycles. The van der Waals surface area contributed by atoms with E-state index in [9.17, 15) is 27.6 Å². The molecule has 28 heavy (non-hydrogen) atoms. The van der Waals surface area contributed by atoms with E-state index in [0.29, 0.717) is 12.8 Å². The molecule has 2 aliphatic rings. The summed E-state index contributed by atoms with van der Waals surface area (Å²) in [6, 6.07) is -1.14. The maximum Gasteiger partial charge on any atom is 0.451 e. The van der Waals surface area contributed by atoms with Crippen molar-refractivity contribution in [3.63, 3.8) is 0 Å². The van der Waals surface area contributed by atoms with E-state index < -0.39 is 53.5 Å². The van der Waals surface area contributed by atoms with Gasteiger partial charge >= 0.3 is 6.18 Å². The van der Waals surface area contributed by atoms with E-state index in [2.05, 4.69) is 15.4 Å². The molecule has 1 aromatic rings. The zero-order valence-corrected chi connectivity index (χ0v) is 15.3. The molecule has 1 aliphatic carbocycles. The standard InChI is InChI=1S/C17H20F3N5O3/c1-8(2)7-11(12(26)21-16-22-15(23-24-16)17(18,19)20)25-13(27)9-5-3-4-6-10(9)14(25)28/h3-4,8-11H,5-7H2,1-2H3,(H2,21,22,23,24,26). The van der Waals surface area contributed by atoms with E-state index in [4.69, 9.17) is 0 Å². The van der Waals surface area contributed by atoms with Crippen molar-refractivity contribution in [3.8, 4) is 0 Å². The number of H-pyrrole nitrogens is 1. The van der Waals surface area contributed by atoms with E-state index in [-0.39, 0.29) is 12.3 Å². The quantitative estimate of drug-likeness (QED) is 0.583. The maximum atomic E-state index is 12.8. The third-order valence-corrected chi connectivity index (χ3v) is 4.84. The van der Waals surface area contributed by atoms with Crippen LogP contribution in [0.2, 0.25) is 0 Å². The minimum Gasteiger partial charge on any atom is -0.291 e. The monoisotopic (exact) mass is 399 g/mol. The fourth-order valence-corrected chi connectivity index (χ4v) is 3.55. The average Bonchev–Trinajstić information content (AvgIpc) is 3.17. The number of aromatic amines is 1. The first-order valence-corrected chi connectivity index (χ1v) is 8.92. The zero-order chi connectivity index (χ0) is 20.6. The van der Waals surface area contributed by atoms with Crippen molar-refractivity contribution >= 4 is 23.7 Å². The van der Waals surface area contributed by atoms with Gasteiger partial charge in [0.25, 0.3) is 0 Å². The van der Waals surface area contributed by atoms with Crippen LogP contribution in [-0.2, 0) is 20.6 Å². The first-order chi connectivity index (χ1) is 13.1. The highest BCUT2D eigenvalue weighted by molar-refractivity contribution is 6.09. The van der Waals surface area contributed by atoms with E-state index in [1.807, 2.05) is 26.0 Å². The molecule has 1 fully saturated rings. The van der Waals surface area contributed by atoms with Crippen LogP contribution in [0.3, 0.4) is 0 Å². The number of allylic oxidation sites excluding steroid dienone is 2. The smallest absolute Gasteiger partial charge is 0.291 e. The van der Waals surface area contributed by atoms with Gasteiger partial charge in [-0.05, 0) is 25.2 Å². The fraction of sp³-hybridized carbons (Fsp3) is 0.588. The lowest BCUT2D eigenvalue weighted by Gasteiger charge is -2.26. The summed E-state index contributed by atoms with van der Waals surface area (Å²) in [5, 5.41) is 7.22. The highest BCUT2D eigenvalue weighted by Gasteiger charge is 2.51. The summed E-state index contributed by atoms with van der Waals surface area (Å²) in [7, 11) is 0. The first-order valence-electron chi connectivity index (χ1n) is 8.92. The molecular formula is C17H20F3N5O3. The largest absolute Gasteiger partial charge is 0.451 e. The molecular weight excluding hydrogens is 379 g/mol. The van der Waals surface area contributed by atoms with E-state index in [1.54, 1.807) is 5.10 Å². The molecule has 1 aliphatic heterocycles. The predicted octanol–water partition coefficient (Wildman–Crippen LogP) is 2.13. The normalized spacial score (nSPS) is 23.3. The third-order valence-electron chi connectivity index (χ3n) is 4.84. The fourth-order valence-electron chi connectivity index (χ4n) is 3.55. The number of likely N-dealkylation sites (tertiary alicyclic amines) is 1. The van der Waals surface area contributed by atoms with Crippen molar-refractivity contribution in [1.29, 1.82) is 0 Å². The molecule has 1 saturated heterocycles. The van der Waals surface area contributed by atoms with E-state index >= 15 is 0 Å². The Balaban J connectivity index is 1.82. The van der Waals surface area contributed by atoms with Crippen molar-refractivity contribution < 1.29 is 27.6 Å². The van der Waals surface area contributed by atoms with Crippen LogP contribution in [-0.4, -0.2) is 43.8 Å². The summed E-state index contributed by atoms with van der Waals surface area (Å²) < 4.78 is 37.9. The topological polar surface area (TPSA) is 108 Å². The van der Waals surface area contributed by atoms with Crippen LogP contribution in [0.1, 0.15) is 38.9 Å². The number of carbonyl (C=O) groups is 3. The Hall–Kier alpha value is -2.72. The van der Waals surface area contributed by atoms with Crippen molar-refractivity contribution in [2.45, 2.75) is 45.3 Å². The van der Waals surface area contributed by atoms with Gasteiger partial charge in [-0.1, -0.05) is 26.0 Å². The van der Waals surface area contributed by atoms with E-state index in [0.717, 1.165) is 4.90 Å². The number of alkyl halides is 3. The molecule has 0 bridgehead atoms. The molecule has 11 heteroatoms. The first kappa shape index (κ1) is 20.0. The number of fused-ring (bicyclic) bond motifs is 1. The summed E-state index contributed by atoms with van der Waals surface area (Å²) in [5.74, 6) is -4.61. The van der Waals surface area contributed by atoms with Crippen molar-refractivity contribution in [1.82, 2.24) is 20.1 Å². The van der Waals surface area contributed by atoms with Crippen LogP contribution in [0.15, 0.2) is 12.2 Å². The van der Waals surface area contributed by atoms with Gasteiger partial charge in [-0.15, -0.1) is 5.10 Å². The molecule has 2 N–H and O–H groups in total. The molecule has 0 aromatic carbocycles. The Labute approximate surface area is 158 Å². The Kier molecular flexibility index (Phi) is 5.26. The number of amides is 3. The van der Waals surface area contributed by atoms with Gasteiger partial charge in [-0.3, -0.25) is 29.7 Å². The van der Waals surface area contributed by atoms with E-state index in [1.165, 1.54) is 0 Å². The van der Waals surface area contributed by atoms with Crippen molar-refractivity contribution in [3.05, 3.63) is 18.0 Å². The van der Waals surface area contributed by atoms with Crippen LogP contribution in [0.25, 0.3) is 0 Å². The van der Waals surface area contributed by atoms with Crippen molar-refractivity contribution in [2.75, 3.05) is 5.32 Å². The number of rotatable bonds is 5. The summed E-state index contributed by atoms with van der Waals surface area (Å²) in [5.41, 5.74) is 0. The number of halogens is 3. The SMILES string of the molecule is CC(C)CC(C(=O)Nc1n[nH]c(C(F)(F)F)n1)N1C(=O)C2CC=CCC2C1=O. The van der Waals surface area contributed by atoms with Crippen LogP contribution in [0.5, 0.6) is 0 Å². The molecule has 152 valence electrons. The molecule has 3 unspecified atom stereocenters. The zero-order valence-electron chi connectivity index (χ0n) is 15.3. The lowest BCUT2D eigenvalue weighted by Crippen LogP contribution is -2.48. The number of carbonyl (C=O) groups excluding carboxylic acids is 3. The maximum absolute atomic E-state index is 12.8. The summed E-state index contributed by atoms with van der Waals surface area (Å²) >= 11 is 0. The molecule has 8 nitrogen and oxygen atoms in total. The van der Waals surface area contributed by atoms with Gasteiger partial charge in [-0.2, -0.15) is 18.2 Å².